The van der Waals surface area contributed by atoms with Crippen LogP contribution in [0.5, 0.6) is 0 Å². The molecule has 0 aromatic carbocycles. The van der Waals surface area contributed by atoms with E-state index >= 15 is 0 Å². The van der Waals surface area contributed by atoms with Crippen LogP contribution in [0.3, 0.4) is 0 Å². The number of hydrogen-bond donors (Lipinski definition) is 3. The SMILES string of the molecule is NC(N)=NCC1CCC(Cl)(C(=O)O)CC1. The lowest BCUT2D eigenvalue weighted by Gasteiger charge is -2.31. The first-order valence-corrected chi connectivity index (χ1v) is 5.29. The predicted octanol–water partition coefficient (Wildman–Crippen LogP) is 0.512. The predicted molar refractivity (Wildman–Crippen MR) is 58.9 cm³/mol. The van der Waals surface area contributed by atoms with Crippen LogP contribution in [0.2, 0.25) is 0 Å². The minimum absolute atomic E-state index is 0.0796. The quantitative estimate of drug-likeness (QED) is 0.376. The first kappa shape index (κ1) is 12.1. The Morgan fingerprint density at radius 1 is 1.47 bits per heavy atom. The Labute approximate surface area is 93.5 Å². The molecule has 5 N–H and O–H groups in total. The van der Waals surface area contributed by atoms with Crippen LogP contribution < -0.4 is 11.5 Å². The summed E-state index contributed by atoms with van der Waals surface area (Å²) in [5.74, 6) is -0.501. The summed E-state index contributed by atoms with van der Waals surface area (Å²) in [6, 6.07) is 0. The third-order valence-electron chi connectivity index (χ3n) is 2.81. The normalized spacial score (nSPS) is 30.9. The molecule has 86 valence electrons. The summed E-state index contributed by atoms with van der Waals surface area (Å²) in [4.78, 5) is 13.7. The number of nitrogens with two attached hydrogens (primary N) is 2. The maximum Gasteiger partial charge on any atom is 0.324 e. The Hall–Kier alpha value is -0.970. The third kappa shape index (κ3) is 3.27. The molecule has 1 rings (SSSR count). The van der Waals surface area contributed by atoms with Gasteiger partial charge in [-0.25, -0.2) is 0 Å². The van der Waals surface area contributed by atoms with E-state index in [0.717, 1.165) is 12.8 Å². The third-order valence-corrected chi connectivity index (χ3v) is 3.35. The van der Waals surface area contributed by atoms with Gasteiger partial charge in [0.1, 0.15) is 4.87 Å². The van der Waals surface area contributed by atoms with Crippen molar-refractivity contribution in [3.05, 3.63) is 0 Å². The maximum absolute atomic E-state index is 10.8. The van der Waals surface area contributed by atoms with Gasteiger partial charge in [-0.1, -0.05) is 0 Å². The molecule has 0 aliphatic heterocycles. The number of guanidine groups is 1. The van der Waals surface area contributed by atoms with Crippen molar-refractivity contribution in [1.29, 1.82) is 0 Å². The molecule has 0 atom stereocenters. The summed E-state index contributed by atoms with van der Waals surface area (Å²) in [7, 11) is 0. The Morgan fingerprint density at radius 3 is 2.40 bits per heavy atom. The monoisotopic (exact) mass is 233 g/mol. The molecular weight excluding hydrogens is 218 g/mol. The number of aliphatic carboxylic acids is 1. The van der Waals surface area contributed by atoms with Gasteiger partial charge >= 0.3 is 5.97 Å². The zero-order valence-electron chi connectivity index (χ0n) is 8.45. The average Bonchev–Trinajstić information content (AvgIpc) is 2.16. The zero-order chi connectivity index (χ0) is 11.5. The van der Waals surface area contributed by atoms with Crippen molar-refractivity contribution in [2.24, 2.45) is 22.4 Å². The number of nitrogens with zero attached hydrogens (tertiary/aromatic N) is 1. The van der Waals surface area contributed by atoms with Gasteiger partial charge in [0.05, 0.1) is 0 Å². The van der Waals surface area contributed by atoms with Gasteiger partial charge in [0, 0.05) is 6.54 Å². The molecule has 0 amide bonds. The van der Waals surface area contributed by atoms with E-state index in [1.165, 1.54) is 0 Å². The van der Waals surface area contributed by atoms with Crippen LogP contribution in [-0.4, -0.2) is 28.5 Å². The number of halogens is 1. The summed E-state index contributed by atoms with van der Waals surface area (Å²) >= 11 is 5.95. The molecule has 0 unspecified atom stereocenters. The highest BCUT2D eigenvalue weighted by molar-refractivity contribution is 6.33. The minimum atomic E-state index is -1.07. The van der Waals surface area contributed by atoms with E-state index in [0.29, 0.717) is 25.3 Å². The standard InChI is InChI=1S/C9H16ClN3O2/c10-9(7(14)15)3-1-6(2-4-9)5-13-8(11)12/h6H,1-5H2,(H,14,15)(H4,11,12,13). The molecule has 0 saturated heterocycles. The first-order chi connectivity index (χ1) is 6.94. The van der Waals surface area contributed by atoms with Gasteiger partial charge in [0.25, 0.3) is 0 Å². The summed E-state index contributed by atoms with van der Waals surface area (Å²) in [6.45, 7) is 0.564. The molecule has 5 nitrogen and oxygen atoms in total. The Balaban J connectivity index is 2.42. The van der Waals surface area contributed by atoms with E-state index in [9.17, 15) is 4.79 Å². The molecule has 1 aliphatic carbocycles. The molecule has 0 bridgehead atoms. The van der Waals surface area contributed by atoms with Crippen molar-refractivity contribution >= 4 is 23.5 Å². The van der Waals surface area contributed by atoms with Gasteiger partial charge in [-0.3, -0.25) is 9.79 Å². The Bertz CT molecular complexity index is 269. The van der Waals surface area contributed by atoms with Gasteiger partial charge in [-0.2, -0.15) is 0 Å². The number of carbonyl (C=O) groups is 1. The fourth-order valence-corrected chi connectivity index (χ4v) is 1.98. The van der Waals surface area contributed by atoms with Crippen molar-refractivity contribution in [2.75, 3.05) is 6.54 Å². The lowest BCUT2D eigenvalue weighted by molar-refractivity contribution is -0.141. The number of hydrogen-bond acceptors (Lipinski definition) is 2. The van der Waals surface area contributed by atoms with Crippen LogP contribution in [-0.2, 0) is 4.79 Å². The second-order valence-corrected chi connectivity index (χ2v) is 4.70. The second-order valence-electron chi connectivity index (χ2n) is 3.98. The summed E-state index contributed by atoms with van der Waals surface area (Å²) in [5, 5.41) is 8.90. The van der Waals surface area contributed by atoms with E-state index in [4.69, 9.17) is 28.2 Å². The summed E-state index contributed by atoms with van der Waals surface area (Å²) < 4.78 is 0. The number of alkyl halides is 1. The van der Waals surface area contributed by atoms with Crippen LogP contribution in [0, 0.1) is 5.92 Å². The van der Waals surface area contributed by atoms with Crippen molar-refractivity contribution in [2.45, 2.75) is 30.6 Å². The highest BCUT2D eigenvalue weighted by Gasteiger charge is 2.39. The molecule has 1 aliphatic rings. The van der Waals surface area contributed by atoms with Gasteiger partial charge in [0.2, 0.25) is 0 Å². The van der Waals surface area contributed by atoms with Gasteiger partial charge in [-0.15, -0.1) is 11.6 Å². The van der Waals surface area contributed by atoms with Crippen LogP contribution in [0.15, 0.2) is 4.99 Å². The number of carboxylic acids is 1. The Kier molecular flexibility index (Phi) is 3.79. The molecule has 0 spiro atoms. The number of carboxylic acid groups (broad SMARTS) is 1. The molecule has 0 aromatic rings. The maximum atomic E-state index is 10.8. The fraction of sp³-hybridized carbons (Fsp3) is 0.778. The van der Waals surface area contributed by atoms with Gasteiger partial charge in [0.15, 0.2) is 5.96 Å². The smallest absolute Gasteiger partial charge is 0.324 e. The van der Waals surface area contributed by atoms with Crippen LogP contribution in [0.25, 0.3) is 0 Å². The summed E-state index contributed by atoms with van der Waals surface area (Å²) in [5.41, 5.74) is 10.4. The molecule has 0 heterocycles. The van der Waals surface area contributed by atoms with E-state index < -0.39 is 10.8 Å². The summed E-state index contributed by atoms with van der Waals surface area (Å²) in [6.07, 6.45) is 2.47. The molecule has 0 aromatic heterocycles. The molecular formula is C9H16ClN3O2. The minimum Gasteiger partial charge on any atom is -0.480 e. The average molecular weight is 234 g/mol. The lowest BCUT2D eigenvalue weighted by Crippen LogP contribution is -2.37. The first-order valence-electron chi connectivity index (χ1n) is 4.92. The lowest BCUT2D eigenvalue weighted by atomic mass is 9.81. The second kappa shape index (κ2) is 4.70. The molecule has 1 saturated carbocycles. The van der Waals surface area contributed by atoms with Gasteiger partial charge in [-0.05, 0) is 31.6 Å². The Morgan fingerprint density at radius 2 is 2.00 bits per heavy atom. The van der Waals surface area contributed by atoms with E-state index in [2.05, 4.69) is 4.99 Å². The molecule has 6 heteroatoms. The molecule has 15 heavy (non-hydrogen) atoms. The van der Waals surface area contributed by atoms with Crippen molar-refractivity contribution in [3.63, 3.8) is 0 Å². The van der Waals surface area contributed by atoms with Gasteiger partial charge < -0.3 is 16.6 Å². The van der Waals surface area contributed by atoms with Crippen LogP contribution >= 0.6 is 11.6 Å². The van der Waals surface area contributed by atoms with E-state index in [1.807, 2.05) is 0 Å². The molecule has 1 fully saturated rings. The van der Waals surface area contributed by atoms with E-state index in [-0.39, 0.29) is 5.96 Å². The number of aliphatic imine (C=N–C) groups is 1. The highest BCUT2D eigenvalue weighted by atomic mass is 35.5. The zero-order valence-corrected chi connectivity index (χ0v) is 9.20. The van der Waals surface area contributed by atoms with Crippen LogP contribution in [0.1, 0.15) is 25.7 Å². The fourth-order valence-electron chi connectivity index (χ4n) is 1.77. The van der Waals surface area contributed by atoms with Crippen LogP contribution in [0.4, 0.5) is 0 Å². The van der Waals surface area contributed by atoms with E-state index in [1.54, 1.807) is 0 Å². The topological polar surface area (TPSA) is 102 Å². The highest BCUT2D eigenvalue weighted by Crippen LogP contribution is 2.37. The number of rotatable bonds is 3. The largest absolute Gasteiger partial charge is 0.480 e. The molecule has 0 radical (unpaired) electrons. The van der Waals surface area contributed by atoms with Crippen molar-refractivity contribution in [3.8, 4) is 0 Å². The van der Waals surface area contributed by atoms with Crippen molar-refractivity contribution < 1.29 is 9.90 Å². The van der Waals surface area contributed by atoms with Crippen molar-refractivity contribution in [1.82, 2.24) is 0 Å².